The molecule has 0 bridgehead atoms. The molecule has 2 aliphatic carbocycles. The summed E-state index contributed by atoms with van der Waals surface area (Å²) >= 11 is 0. The van der Waals surface area contributed by atoms with Crippen LogP contribution in [-0.2, 0) is 9.59 Å². The molecule has 100 valence electrons. The van der Waals surface area contributed by atoms with Gasteiger partial charge in [0.2, 0.25) is 0 Å². The Balaban J connectivity index is 2.39. The standard InChI is InChI=1S/C17H20O2/c1-3-17(4-2,13-5-9-15(18)10-6-13)14-7-11-16(19)12-8-14/h5-9,11H,3-4,10,12H2,1-2H3. The van der Waals surface area contributed by atoms with Crippen molar-refractivity contribution in [2.45, 2.75) is 39.5 Å². The maximum Gasteiger partial charge on any atom is 0.159 e. The Labute approximate surface area is 114 Å². The average Bonchev–Trinajstić information content (AvgIpc) is 2.44. The molecule has 0 aromatic rings. The first kappa shape index (κ1) is 13.7. The van der Waals surface area contributed by atoms with Crippen molar-refractivity contribution in [3.05, 3.63) is 47.6 Å². The quantitative estimate of drug-likeness (QED) is 0.768. The number of carbonyl (C=O) groups excluding carboxylic acids is 2. The molecule has 19 heavy (non-hydrogen) atoms. The Morgan fingerprint density at radius 1 is 0.842 bits per heavy atom. The molecular weight excluding hydrogens is 236 g/mol. The van der Waals surface area contributed by atoms with Gasteiger partial charge in [-0.3, -0.25) is 9.59 Å². The number of rotatable bonds is 4. The van der Waals surface area contributed by atoms with Crippen LogP contribution in [0.5, 0.6) is 0 Å². The molecule has 0 aliphatic heterocycles. The van der Waals surface area contributed by atoms with Crippen LogP contribution in [0.25, 0.3) is 0 Å². The molecule has 0 spiro atoms. The summed E-state index contributed by atoms with van der Waals surface area (Å²) in [6.07, 6.45) is 14.2. The van der Waals surface area contributed by atoms with Gasteiger partial charge in [0.05, 0.1) is 0 Å². The van der Waals surface area contributed by atoms with E-state index in [0.29, 0.717) is 12.8 Å². The summed E-state index contributed by atoms with van der Waals surface area (Å²) in [5.74, 6) is 0.321. The van der Waals surface area contributed by atoms with Crippen LogP contribution >= 0.6 is 0 Å². The lowest BCUT2D eigenvalue weighted by Crippen LogP contribution is -2.25. The topological polar surface area (TPSA) is 34.1 Å². The lowest BCUT2D eigenvalue weighted by molar-refractivity contribution is -0.114. The maximum atomic E-state index is 11.3. The predicted octanol–water partition coefficient (Wildman–Crippen LogP) is 3.70. The number of allylic oxidation sites excluding steroid dienone is 8. The second-order valence-corrected chi connectivity index (χ2v) is 5.12. The number of carbonyl (C=O) groups is 2. The zero-order valence-corrected chi connectivity index (χ0v) is 11.6. The minimum absolute atomic E-state index is 0.0611. The van der Waals surface area contributed by atoms with E-state index in [1.807, 2.05) is 24.3 Å². The van der Waals surface area contributed by atoms with Crippen molar-refractivity contribution in [3.8, 4) is 0 Å². The third-order valence-corrected chi connectivity index (χ3v) is 4.26. The van der Waals surface area contributed by atoms with E-state index in [1.54, 1.807) is 12.2 Å². The molecule has 2 nitrogen and oxygen atoms in total. The van der Waals surface area contributed by atoms with Crippen molar-refractivity contribution in [2.75, 3.05) is 0 Å². The van der Waals surface area contributed by atoms with Crippen molar-refractivity contribution in [1.29, 1.82) is 0 Å². The fourth-order valence-electron chi connectivity index (χ4n) is 3.00. The first-order chi connectivity index (χ1) is 9.12. The highest BCUT2D eigenvalue weighted by atomic mass is 16.1. The lowest BCUT2D eigenvalue weighted by Gasteiger charge is -2.36. The van der Waals surface area contributed by atoms with Crippen LogP contribution in [0.4, 0.5) is 0 Å². The third kappa shape index (κ3) is 2.53. The van der Waals surface area contributed by atoms with E-state index in [9.17, 15) is 9.59 Å². The Hall–Kier alpha value is -1.70. The van der Waals surface area contributed by atoms with Gasteiger partial charge in [0, 0.05) is 18.3 Å². The van der Waals surface area contributed by atoms with E-state index in [1.165, 1.54) is 11.1 Å². The molecule has 0 aromatic heterocycles. The van der Waals surface area contributed by atoms with Crippen LogP contribution in [0.3, 0.4) is 0 Å². The van der Waals surface area contributed by atoms with Crippen LogP contribution in [0.1, 0.15) is 39.5 Å². The van der Waals surface area contributed by atoms with Crippen molar-refractivity contribution in [2.24, 2.45) is 5.41 Å². The van der Waals surface area contributed by atoms with E-state index in [2.05, 4.69) is 13.8 Å². The highest BCUT2D eigenvalue weighted by Crippen LogP contribution is 2.45. The van der Waals surface area contributed by atoms with Crippen LogP contribution < -0.4 is 0 Å². The molecule has 0 saturated heterocycles. The van der Waals surface area contributed by atoms with Gasteiger partial charge in [0.1, 0.15) is 0 Å². The fraction of sp³-hybridized carbons (Fsp3) is 0.412. The molecule has 0 amide bonds. The van der Waals surface area contributed by atoms with Gasteiger partial charge >= 0.3 is 0 Å². The smallest absolute Gasteiger partial charge is 0.159 e. The van der Waals surface area contributed by atoms with Crippen LogP contribution in [0.15, 0.2) is 47.6 Å². The summed E-state index contributed by atoms with van der Waals surface area (Å²) in [6, 6.07) is 0. The van der Waals surface area contributed by atoms with Gasteiger partial charge in [-0.1, -0.05) is 38.2 Å². The summed E-state index contributed by atoms with van der Waals surface area (Å²) < 4.78 is 0. The first-order valence-electron chi connectivity index (χ1n) is 6.95. The molecule has 2 rings (SSSR count). The minimum Gasteiger partial charge on any atom is -0.295 e. The second kappa shape index (κ2) is 5.52. The molecule has 0 unspecified atom stereocenters. The van der Waals surface area contributed by atoms with E-state index in [-0.39, 0.29) is 17.0 Å². The van der Waals surface area contributed by atoms with Gasteiger partial charge in [0.15, 0.2) is 11.6 Å². The van der Waals surface area contributed by atoms with Crippen molar-refractivity contribution < 1.29 is 9.59 Å². The normalized spacial score (nSPS) is 19.5. The van der Waals surface area contributed by atoms with Crippen molar-refractivity contribution in [1.82, 2.24) is 0 Å². The molecule has 2 heteroatoms. The van der Waals surface area contributed by atoms with Gasteiger partial charge in [-0.25, -0.2) is 0 Å². The van der Waals surface area contributed by atoms with Crippen molar-refractivity contribution in [3.63, 3.8) is 0 Å². The molecule has 0 fully saturated rings. The third-order valence-electron chi connectivity index (χ3n) is 4.26. The largest absolute Gasteiger partial charge is 0.295 e. The molecule has 0 radical (unpaired) electrons. The monoisotopic (exact) mass is 256 g/mol. The molecule has 0 atom stereocenters. The summed E-state index contributed by atoms with van der Waals surface area (Å²) in [6.45, 7) is 4.33. The molecule has 0 heterocycles. The summed E-state index contributed by atoms with van der Waals surface area (Å²) in [4.78, 5) is 22.7. The number of hydrogen-bond donors (Lipinski definition) is 0. The maximum absolute atomic E-state index is 11.3. The van der Waals surface area contributed by atoms with Gasteiger partial charge in [-0.05, 0) is 36.1 Å². The average molecular weight is 256 g/mol. The summed E-state index contributed by atoms with van der Waals surface area (Å²) in [5.41, 5.74) is 2.36. The highest BCUT2D eigenvalue weighted by Gasteiger charge is 2.34. The van der Waals surface area contributed by atoms with Gasteiger partial charge < -0.3 is 0 Å². The Morgan fingerprint density at radius 2 is 1.26 bits per heavy atom. The van der Waals surface area contributed by atoms with Gasteiger partial charge in [0.25, 0.3) is 0 Å². The summed E-state index contributed by atoms with van der Waals surface area (Å²) in [7, 11) is 0. The molecule has 0 saturated carbocycles. The SMILES string of the molecule is CCC(CC)(C1=CCC(=O)C=C1)C1=CCC(=O)C=C1. The van der Waals surface area contributed by atoms with Gasteiger partial charge in [-0.15, -0.1) is 0 Å². The van der Waals surface area contributed by atoms with E-state index in [0.717, 1.165) is 12.8 Å². The van der Waals surface area contributed by atoms with Crippen LogP contribution in [-0.4, -0.2) is 11.6 Å². The van der Waals surface area contributed by atoms with Gasteiger partial charge in [-0.2, -0.15) is 0 Å². The first-order valence-corrected chi connectivity index (χ1v) is 6.95. The predicted molar refractivity (Wildman–Crippen MR) is 76.7 cm³/mol. The number of hydrogen-bond acceptors (Lipinski definition) is 2. The van der Waals surface area contributed by atoms with Crippen LogP contribution in [0.2, 0.25) is 0 Å². The Kier molecular flexibility index (Phi) is 3.98. The van der Waals surface area contributed by atoms with Crippen LogP contribution in [0, 0.1) is 5.41 Å². The highest BCUT2D eigenvalue weighted by molar-refractivity contribution is 5.94. The Morgan fingerprint density at radius 3 is 1.53 bits per heavy atom. The number of ketones is 2. The zero-order valence-electron chi connectivity index (χ0n) is 11.6. The van der Waals surface area contributed by atoms with Crippen molar-refractivity contribution >= 4 is 11.6 Å². The van der Waals surface area contributed by atoms with E-state index >= 15 is 0 Å². The molecule has 0 aromatic carbocycles. The zero-order chi connectivity index (χ0) is 13.9. The molecule has 2 aliphatic rings. The molecular formula is C17H20O2. The van der Waals surface area contributed by atoms with E-state index in [4.69, 9.17) is 0 Å². The fourth-order valence-corrected chi connectivity index (χ4v) is 3.00. The lowest BCUT2D eigenvalue weighted by atomic mass is 9.67. The summed E-state index contributed by atoms with van der Waals surface area (Å²) in [5, 5.41) is 0. The molecule has 0 N–H and O–H groups in total. The minimum atomic E-state index is -0.0611. The Bertz CT molecular complexity index is 467. The van der Waals surface area contributed by atoms with E-state index < -0.39 is 0 Å². The second-order valence-electron chi connectivity index (χ2n) is 5.12.